The van der Waals surface area contributed by atoms with Gasteiger partial charge in [0.1, 0.15) is 0 Å². The molecular weight excluding hydrogens is 338 g/mol. The van der Waals surface area contributed by atoms with Crippen LogP contribution in [0.3, 0.4) is 0 Å². The topological polar surface area (TPSA) is 60.5 Å². The molecule has 2 aromatic rings. The Hall–Kier alpha value is -2.35. The first-order valence-corrected chi connectivity index (χ1v) is 8.05. The van der Waals surface area contributed by atoms with Gasteiger partial charge >= 0.3 is 6.61 Å². The van der Waals surface area contributed by atoms with Crippen molar-refractivity contribution >= 4 is 23.4 Å². The second-order valence-corrected chi connectivity index (χ2v) is 5.80. The molecular formula is C16H16F2N2O3S. The number of anilines is 1. The smallest absolute Gasteiger partial charge is 0.387 e. The Morgan fingerprint density at radius 3 is 2.75 bits per heavy atom. The summed E-state index contributed by atoms with van der Waals surface area (Å²) in [6.45, 7) is -1.00. The molecule has 0 spiro atoms. The van der Waals surface area contributed by atoms with E-state index >= 15 is 0 Å². The first-order chi connectivity index (χ1) is 11.5. The van der Waals surface area contributed by atoms with E-state index in [1.165, 1.54) is 37.1 Å². The van der Waals surface area contributed by atoms with Crippen LogP contribution < -0.4 is 14.8 Å². The Morgan fingerprint density at radius 2 is 2.08 bits per heavy atom. The minimum absolute atomic E-state index is 0.151. The number of hydrogen-bond donors (Lipinski definition) is 1. The van der Waals surface area contributed by atoms with Crippen molar-refractivity contribution in [2.75, 3.05) is 18.2 Å². The van der Waals surface area contributed by atoms with Gasteiger partial charge in [0.2, 0.25) is 0 Å². The number of alkyl halides is 2. The molecule has 24 heavy (non-hydrogen) atoms. The van der Waals surface area contributed by atoms with Gasteiger partial charge in [-0.15, -0.1) is 11.8 Å². The number of halogens is 2. The van der Waals surface area contributed by atoms with Crippen molar-refractivity contribution in [2.24, 2.45) is 0 Å². The Kier molecular flexibility index (Phi) is 6.36. The third-order valence-corrected chi connectivity index (χ3v) is 3.73. The minimum Gasteiger partial charge on any atom is -0.493 e. The lowest BCUT2D eigenvalue weighted by Crippen LogP contribution is -2.12. The summed E-state index contributed by atoms with van der Waals surface area (Å²) < 4.78 is 34.2. The molecule has 0 fully saturated rings. The Balaban J connectivity index is 2.18. The van der Waals surface area contributed by atoms with E-state index in [0.29, 0.717) is 11.3 Å². The maximum Gasteiger partial charge on any atom is 0.387 e. The number of rotatable bonds is 7. The lowest BCUT2D eigenvalue weighted by atomic mass is 10.2. The van der Waals surface area contributed by atoms with E-state index in [9.17, 15) is 13.6 Å². The summed E-state index contributed by atoms with van der Waals surface area (Å²) in [5.74, 6) is 0.467. The van der Waals surface area contributed by atoms with Crippen LogP contribution in [0.15, 0.2) is 41.6 Å². The summed E-state index contributed by atoms with van der Waals surface area (Å²) >= 11 is 1.52. The number of carbonyl (C=O) groups is 1. The molecule has 0 aliphatic carbocycles. The molecule has 1 aromatic heterocycles. The van der Waals surface area contributed by atoms with E-state index in [1.54, 1.807) is 18.3 Å². The molecule has 0 radical (unpaired) electrons. The molecule has 0 aliphatic heterocycles. The number of ether oxygens (including phenoxy) is 2. The molecule has 128 valence electrons. The van der Waals surface area contributed by atoms with E-state index < -0.39 is 6.61 Å². The number of nitrogens with zero attached hydrogens (tertiary/aromatic N) is 1. The molecule has 1 N–H and O–H groups in total. The second kappa shape index (κ2) is 8.49. The summed E-state index contributed by atoms with van der Waals surface area (Å²) in [4.78, 5) is 16.4. The fourth-order valence-electron chi connectivity index (χ4n) is 1.92. The SMILES string of the molecule is CCSc1cc(C(=O)Nc2ccc(OC)c(OC(F)F)c2)ccn1. The summed E-state index contributed by atoms with van der Waals surface area (Å²) in [6, 6.07) is 7.51. The van der Waals surface area contributed by atoms with Crippen molar-refractivity contribution in [3.63, 3.8) is 0 Å². The van der Waals surface area contributed by atoms with Crippen LogP contribution in [0.25, 0.3) is 0 Å². The first kappa shape index (κ1) is 18.0. The summed E-state index contributed by atoms with van der Waals surface area (Å²) in [6.07, 6.45) is 1.55. The van der Waals surface area contributed by atoms with Crippen molar-refractivity contribution in [1.82, 2.24) is 4.98 Å². The van der Waals surface area contributed by atoms with Gasteiger partial charge in [0.15, 0.2) is 11.5 Å². The van der Waals surface area contributed by atoms with Gasteiger partial charge in [0.05, 0.1) is 12.1 Å². The summed E-state index contributed by atoms with van der Waals surface area (Å²) in [5.41, 5.74) is 0.742. The third kappa shape index (κ3) is 4.82. The Labute approximate surface area is 142 Å². The fourth-order valence-corrected chi connectivity index (χ4v) is 2.56. The highest BCUT2D eigenvalue weighted by molar-refractivity contribution is 7.99. The highest BCUT2D eigenvalue weighted by Gasteiger charge is 2.13. The lowest BCUT2D eigenvalue weighted by molar-refractivity contribution is -0.0511. The minimum atomic E-state index is -2.99. The van der Waals surface area contributed by atoms with Crippen LogP contribution in [0.4, 0.5) is 14.5 Å². The van der Waals surface area contributed by atoms with E-state index in [2.05, 4.69) is 15.0 Å². The number of carbonyl (C=O) groups excluding carboxylic acids is 1. The van der Waals surface area contributed by atoms with Crippen LogP contribution in [-0.4, -0.2) is 30.4 Å². The number of thioether (sulfide) groups is 1. The Bertz CT molecular complexity index is 713. The molecule has 0 saturated heterocycles. The van der Waals surface area contributed by atoms with Crippen LogP contribution in [-0.2, 0) is 0 Å². The van der Waals surface area contributed by atoms with Gasteiger partial charge in [-0.2, -0.15) is 8.78 Å². The molecule has 0 saturated carbocycles. The van der Waals surface area contributed by atoms with Gasteiger partial charge < -0.3 is 14.8 Å². The maximum atomic E-state index is 12.4. The quantitative estimate of drug-likeness (QED) is 0.760. The zero-order chi connectivity index (χ0) is 17.5. The third-order valence-electron chi connectivity index (χ3n) is 2.93. The molecule has 0 aliphatic rings. The van der Waals surface area contributed by atoms with E-state index in [1.807, 2.05) is 6.92 Å². The second-order valence-electron chi connectivity index (χ2n) is 4.51. The predicted molar refractivity (Wildman–Crippen MR) is 88.2 cm³/mol. The number of aromatic nitrogens is 1. The molecule has 2 rings (SSSR count). The van der Waals surface area contributed by atoms with Crippen molar-refractivity contribution < 1.29 is 23.0 Å². The van der Waals surface area contributed by atoms with Crippen LogP contribution in [0.5, 0.6) is 11.5 Å². The highest BCUT2D eigenvalue weighted by Crippen LogP contribution is 2.31. The molecule has 1 aromatic carbocycles. The van der Waals surface area contributed by atoms with Crippen molar-refractivity contribution in [2.45, 2.75) is 18.6 Å². The van der Waals surface area contributed by atoms with Crippen molar-refractivity contribution in [3.05, 3.63) is 42.1 Å². The van der Waals surface area contributed by atoms with E-state index in [4.69, 9.17) is 4.74 Å². The van der Waals surface area contributed by atoms with Crippen LogP contribution in [0.1, 0.15) is 17.3 Å². The van der Waals surface area contributed by atoms with Crippen molar-refractivity contribution in [1.29, 1.82) is 0 Å². The zero-order valence-electron chi connectivity index (χ0n) is 13.1. The predicted octanol–water partition coefficient (Wildman–Crippen LogP) is 4.06. The largest absolute Gasteiger partial charge is 0.493 e. The maximum absolute atomic E-state index is 12.4. The Morgan fingerprint density at radius 1 is 1.29 bits per heavy atom. The van der Waals surface area contributed by atoms with Crippen LogP contribution >= 0.6 is 11.8 Å². The molecule has 8 heteroatoms. The molecule has 1 heterocycles. The number of methoxy groups -OCH3 is 1. The standard InChI is InChI=1S/C16H16F2N2O3S/c1-3-24-14-8-10(6-7-19-14)15(21)20-11-4-5-12(22-2)13(9-11)23-16(17)18/h4-9,16H,3H2,1-2H3,(H,20,21). The number of nitrogens with one attached hydrogen (secondary N) is 1. The zero-order valence-corrected chi connectivity index (χ0v) is 13.9. The van der Waals surface area contributed by atoms with Gasteiger partial charge in [0.25, 0.3) is 5.91 Å². The normalized spacial score (nSPS) is 10.5. The number of benzene rings is 1. The summed E-state index contributed by atoms with van der Waals surface area (Å²) in [5, 5.41) is 3.37. The molecule has 0 unspecified atom stereocenters. The molecule has 0 bridgehead atoms. The lowest BCUT2D eigenvalue weighted by Gasteiger charge is -2.12. The van der Waals surface area contributed by atoms with E-state index in [0.717, 1.165) is 10.8 Å². The van der Waals surface area contributed by atoms with Gasteiger partial charge in [0, 0.05) is 23.5 Å². The first-order valence-electron chi connectivity index (χ1n) is 7.06. The number of hydrogen-bond acceptors (Lipinski definition) is 5. The van der Waals surface area contributed by atoms with Gasteiger partial charge in [-0.25, -0.2) is 4.98 Å². The highest BCUT2D eigenvalue weighted by atomic mass is 32.2. The summed E-state index contributed by atoms with van der Waals surface area (Å²) in [7, 11) is 1.34. The van der Waals surface area contributed by atoms with Crippen molar-refractivity contribution in [3.8, 4) is 11.5 Å². The average Bonchev–Trinajstić information content (AvgIpc) is 2.55. The van der Waals surface area contributed by atoms with Gasteiger partial charge in [-0.1, -0.05) is 6.92 Å². The fraction of sp³-hybridized carbons (Fsp3) is 0.250. The molecule has 0 atom stereocenters. The monoisotopic (exact) mass is 354 g/mol. The van der Waals surface area contributed by atoms with Crippen LogP contribution in [0.2, 0.25) is 0 Å². The number of pyridine rings is 1. The van der Waals surface area contributed by atoms with Crippen LogP contribution in [0, 0.1) is 0 Å². The molecule has 5 nitrogen and oxygen atoms in total. The average molecular weight is 354 g/mol. The van der Waals surface area contributed by atoms with Gasteiger partial charge in [-0.05, 0) is 30.0 Å². The molecule has 1 amide bonds. The van der Waals surface area contributed by atoms with Gasteiger partial charge in [-0.3, -0.25) is 4.79 Å². The van der Waals surface area contributed by atoms with E-state index in [-0.39, 0.29) is 17.4 Å². The number of amides is 1.